The second kappa shape index (κ2) is 6.18. The predicted octanol–water partition coefficient (Wildman–Crippen LogP) is 1.62. The lowest BCUT2D eigenvalue weighted by molar-refractivity contribution is -0.116. The lowest BCUT2D eigenvalue weighted by Crippen LogP contribution is -2.21. The summed E-state index contributed by atoms with van der Waals surface area (Å²) in [4.78, 5) is 16.4. The van der Waals surface area contributed by atoms with Gasteiger partial charge in [-0.25, -0.2) is 9.67 Å². The first-order chi connectivity index (χ1) is 9.62. The molecule has 0 aliphatic carbocycles. The summed E-state index contributed by atoms with van der Waals surface area (Å²) in [6, 6.07) is 7.09. The minimum Gasteiger partial charge on any atom is -0.399 e. The van der Waals surface area contributed by atoms with Crippen molar-refractivity contribution in [3.63, 3.8) is 0 Å². The van der Waals surface area contributed by atoms with Crippen LogP contribution in [0.2, 0.25) is 0 Å². The molecule has 0 aliphatic rings. The number of carbonyl (C=O) groups is 1. The average Bonchev–Trinajstić information content (AvgIpc) is 2.80. The lowest BCUT2D eigenvalue weighted by atomic mass is 10.3. The molecule has 1 amide bonds. The van der Waals surface area contributed by atoms with Gasteiger partial charge in [-0.3, -0.25) is 4.79 Å². The summed E-state index contributed by atoms with van der Waals surface area (Å²) < 4.78 is 1.65. The van der Waals surface area contributed by atoms with Crippen LogP contribution in [0.1, 0.15) is 25.5 Å². The van der Waals surface area contributed by atoms with E-state index >= 15 is 0 Å². The van der Waals surface area contributed by atoms with E-state index in [2.05, 4.69) is 15.4 Å². The minimum atomic E-state index is -0.141. The van der Waals surface area contributed by atoms with Crippen LogP contribution in [0, 0.1) is 0 Å². The summed E-state index contributed by atoms with van der Waals surface area (Å²) in [5, 5.41) is 7.12. The Hall–Kier alpha value is -2.37. The van der Waals surface area contributed by atoms with Crippen LogP contribution in [0.4, 0.5) is 11.4 Å². The monoisotopic (exact) mass is 273 g/mol. The number of rotatable bonds is 5. The molecule has 1 aromatic carbocycles. The van der Waals surface area contributed by atoms with Gasteiger partial charge in [0.2, 0.25) is 5.91 Å². The molecule has 20 heavy (non-hydrogen) atoms. The number of nitrogens with one attached hydrogen (secondary N) is 1. The fourth-order valence-electron chi connectivity index (χ4n) is 1.92. The molecule has 2 rings (SSSR count). The second-order valence-electron chi connectivity index (χ2n) is 4.48. The normalized spacial score (nSPS) is 10.5. The molecule has 1 aromatic heterocycles. The first-order valence-corrected chi connectivity index (χ1v) is 6.70. The Labute approximate surface area is 118 Å². The molecule has 106 valence electrons. The van der Waals surface area contributed by atoms with E-state index in [1.165, 1.54) is 0 Å². The van der Waals surface area contributed by atoms with E-state index in [9.17, 15) is 4.79 Å². The molecular weight excluding hydrogens is 254 g/mol. The van der Waals surface area contributed by atoms with Gasteiger partial charge in [0.05, 0.1) is 0 Å². The standard InChI is InChI=1S/C14H19N5O/c1-3-12-17-13(4-2)19(18-12)9-14(20)16-11-7-5-6-10(15)8-11/h5-8H,3-4,9,15H2,1-2H3,(H,16,20). The summed E-state index contributed by atoms with van der Waals surface area (Å²) >= 11 is 0. The van der Waals surface area contributed by atoms with Gasteiger partial charge in [-0.05, 0) is 18.2 Å². The van der Waals surface area contributed by atoms with Crippen molar-refractivity contribution in [3.8, 4) is 0 Å². The molecule has 0 aliphatic heterocycles. The summed E-state index contributed by atoms with van der Waals surface area (Å²) in [5.41, 5.74) is 6.98. The molecule has 0 fully saturated rings. The molecule has 0 unspecified atom stereocenters. The first-order valence-electron chi connectivity index (χ1n) is 6.70. The first kappa shape index (κ1) is 14.0. The Morgan fingerprint density at radius 3 is 2.80 bits per heavy atom. The third kappa shape index (κ3) is 3.34. The van der Waals surface area contributed by atoms with Gasteiger partial charge < -0.3 is 11.1 Å². The van der Waals surface area contributed by atoms with Crippen molar-refractivity contribution in [1.29, 1.82) is 0 Å². The van der Waals surface area contributed by atoms with Gasteiger partial charge in [-0.2, -0.15) is 5.10 Å². The number of amides is 1. The molecule has 0 radical (unpaired) electrons. The maximum absolute atomic E-state index is 12.0. The van der Waals surface area contributed by atoms with E-state index in [1.807, 2.05) is 13.8 Å². The number of carbonyl (C=O) groups excluding carboxylic acids is 1. The van der Waals surface area contributed by atoms with Crippen molar-refractivity contribution in [3.05, 3.63) is 35.9 Å². The Kier molecular flexibility index (Phi) is 4.34. The Balaban J connectivity index is 2.06. The third-order valence-electron chi connectivity index (χ3n) is 2.89. The van der Waals surface area contributed by atoms with Crippen LogP contribution in [0.25, 0.3) is 0 Å². The summed E-state index contributed by atoms with van der Waals surface area (Å²) in [5.74, 6) is 1.45. The number of nitrogens with two attached hydrogens (primary N) is 1. The zero-order valence-corrected chi connectivity index (χ0v) is 11.8. The number of benzene rings is 1. The number of anilines is 2. The van der Waals surface area contributed by atoms with Crippen LogP contribution < -0.4 is 11.1 Å². The van der Waals surface area contributed by atoms with Crippen LogP contribution in [0.5, 0.6) is 0 Å². The second-order valence-corrected chi connectivity index (χ2v) is 4.48. The van der Waals surface area contributed by atoms with Gasteiger partial charge in [0.1, 0.15) is 12.4 Å². The van der Waals surface area contributed by atoms with Gasteiger partial charge in [0, 0.05) is 24.2 Å². The van der Waals surface area contributed by atoms with Crippen molar-refractivity contribution in [2.24, 2.45) is 0 Å². The number of hydrogen-bond donors (Lipinski definition) is 2. The topological polar surface area (TPSA) is 85.8 Å². The number of nitrogens with zero attached hydrogens (tertiary/aromatic N) is 3. The van der Waals surface area contributed by atoms with Crippen molar-refractivity contribution in [2.45, 2.75) is 33.2 Å². The SMILES string of the molecule is CCc1nc(CC)n(CC(=O)Nc2cccc(N)c2)n1. The van der Waals surface area contributed by atoms with Gasteiger partial charge in [-0.1, -0.05) is 19.9 Å². The molecule has 6 nitrogen and oxygen atoms in total. The highest BCUT2D eigenvalue weighted by molar-refractivity contribution is 5.90. The smallest absolute Gasteiger partial charge is 0.246 e. The highest BCUT2D eigenvalue weighted by Crippen LogP contribution is 2.12. The number of hydrogen-bond acceptors (Lipinski definition) is 4. The van der Waals surface area contributed by atoms with E-state index in [4.69, 9.17) is 5.73 Å². The van der Waals surface area contributed by atoms with Crippen LogP contribution >= 0.6 is 0 Å². The quantitative estimate of drug-likeness (QED) is 0.811. The van der Waals surface area contributed by atoms with Crippen LogP contribution in [-0.2, 0) is 24.2 Å². The van der Waals surface area contributed by atoms with Gasteiger partial charge >= 0.3 is 0 Å². The van der Waals surface area contributed by atoms with Gasteiger partial charge in [0.15, 0.2) is 5.82 Å². The maximum Gasteiger partial charge on any atom is 0.246 e. The van der Waals surface area contributed by atoms with E-state index in [1.54, 1.807) is 28.9 Å². The average molecular weight is 273 g/mol. The van der Waals surface area contributed by atoms with Gasteiger partial charge in [-0.15, -0.1) is 0 Å². The fourth-order valence-corrected chi connectivity index (χ4v) is 1.92. The van der Waals surface area contributed by atoms with Crippen LogP contribution in [-0.4, -0.2) is 20.7 Å². The fraction of sp³-hybridized carbons (Fsp3) is 0.357. The lowest BCUT2D eigenvalue weighted by Gasteiger charge is -2.07. The van der Waals surface area contributed by atoms with E-state index < -0.39 is 0 Å². The molecule has 1 heterocycles. The van der Waals surface area contributed by atoms with Crippen molar-refractivity contribution in [1.82, 2.24) is 14.8 Å². The largest absolute Gasteiger partial charge is 0.399 e. The molecule has 0 atom stereocenters. The Bertz CT molecular complexity index is 605. The number of aromatic nitrogens is 3. The molecule has 3 N–H and O–H groups in total. The van der Waals surface area contributed by atoms with E-state index in [0.717, 1.165) is 24.5 Å². The van der Waals surface area contributed by atoms with Crippen LogP contribution in [0.15, 0.2) is 24.3 Å². The van der Waals surface area contributed by atoms with Crippen LogP contribution in [0.3, 0.4) is 0 Å². The van der Waals surface area contributed by atoms with Crippen molar-refractivity contribution >= 4 is 17.3 Å². The highest BCUT2D eigenvalue weighted by Gasteiger charge is 2.11. The number of aryl methyl sites for hydroxylation is 2. The maximum atomic E-state index is 12.0. The third-order valence-corrected chi connectivity index (χ3v) is 2.89. The molecular formula is C14H19N5O. The Morgan fingerprint density at radius 2 is 2.15 bits per heavy atom. The molecule has 0 bridgehead atoms. The molecule has 0 saturated heterocycles. The van der Waals surface area contributed by atoms with Crippen molar-refractivity contribution in [2.75, 3.05) is 11.1 Å². The van der Waals surface area contributed by atoms with Gasteiger partial charge in [0.25, 0.3) is 0 Å². The summed E-state index contributed by atoms with van der Waals surface area (Å²) in [6.45, 7) is 4.15. The molecule has 2 aromatic rings. The molecule has 0 saturated carbocycles. The minimum absolute atomic E-state index is 0.141. The van der Waals surface area contributed by atoms with Crippen molar-refractivity contribution < 1.29 is 4.79 Å². The Morgan fingerprint density at radius 1 is 1.35 bits per heavy atom. The zero-order chi connectivity index (χ0) is 14.5. The van der Waals surface area contributed by atoms with E-state index in [-0.39, 0.29) is 12.5 Å². The number of nitrogen functional groups attached to an aromatic ring is 1. The predicted molar refractivity (Wildman–Crippen MR) is 78.3 cm³/mol. The summed E-state index contributed by atoms with van der Waals surface area (Å²) in [6.07, 6.45) is 1.51. The zero-order valence-electron chi connectivity index (χ0n) is 11.8. The molecule has 0 spiro atoms. The summed E-state index contributed by atoms with van der Waals surface area (Å²) in [7, 11) is 0. The highest BCUT2D eigenvalue weighted by atomic mass is 16.2. The van der Waals surface area contributed by atoms with E-state index in [0.29, 0.717) is 11.4 Å². The molecule has 6 heteroatoms.